The molecule has 0 saturated carbocycles. The van der Waals surface area contributed by atoms with Crippen LogP contribution < -0.4 is 11.5 Å². The number of thioether (sulfide) groups is 3. The maximum Gasteiger partial charge on any atom is 0.320 e. The lowest BCUT2D eigenvalue weighted by Crippen LogP contribution is -2.32. The number of hydrogen-bond donors (Lipinski definition) is 7. The Morgan fingerprint density at radius 1 is 0.745 bits per heavy atom. The van der Waals surface area contributed by atoms with Gasteiger partial charge in [0.05, 0.1) is 4.92 Å². The minimum Gasteiger partial charge on any atom is -0.480 e. The summed E-state index contributed by atoms with van der Waals surface area (Å²) in [6, 6.07) is 15.8. The molecule has 3 aromatic heterocycles. The van der Waals surface area contributed by atoms with E-state index in [9.17, 15) is 19.7 Å². The van der Waals surface area contributed by atoms with Gasteiger partial charge in [-0.05, 0) is 87.1 Å². The van der Waals surface area contributed by atoms with Gasteiger partial charge in [0.1, 0.15) is 17.6 Å². The van der Waals surface area contributed by atoms with Gasteiger partial charge in [-0.25, -0.2) is 0 Å². The lowest BCUT2D eigenvalue weighted by molar-refractivity contribution is -0.383. The molecule has 3 aromatic carbocycles. The second-order valence-corrected chi connectivity index (χ2v) is 14.3. The number of carboxylic acid groups (broad SMARTS) is 2. The molecule has 9 N–H and O–H groups in total. The summed E-state index contributed by atoms with van der Waals surface area (Å²) in [4.78, 5) is 45.4. The SMILES string of the molecule is CSc1ccc([N+](=O)[O-])c2[nH]c(C)c(CC(N)C(=O)O)c12.CSc1cccc2[nH]c(C)c(CC(N)C(=O)O)c12.CSc1cccc2[nH]c(C)cc12. The van der Waals surface area contributed by atoms with Gasteiger partial charge >= 0.3 is 11.9 Å². The number of carbonyl (C=O) groups is 2. The van der Waals surface area contributed by atoms with Crippen LogP contribution in [0.3, 0.4) is 0 Å². The minimum atomic E-state index is -1.10. The fraction of sp³-hybridized carbons (Fsp3) is 0.278. The predicted octanol–water partition coefficient (Wildman–Crippen LogP) is 7.41. The fourth-order valence-electron chi connectivity index (χ4n) is 5.92. The molecule has 0 radical (unpaired) electrons. The van der Waals surface area contributed by atoms with Crippen molar-refractivity contribution >= 4 is 85.6 Å². The minimum absolute atomic E-state index is 0.0268. The van der Waals surface area contributed by atoms with Crippen LogP contribution in [-0.2, 0) is 22.4 Å². The summed E-state index contributed by atoms with van der Waals surface area (Å²) < 4.78 is 0. The lowest BCUT2D eigenvalue weighted by Gasteiger charge is -2.08. The molecule has 0 amide bonds. The average molecular weight is 751 g/mol. The first-order valence-electron chi connectivity index (χ1n) is 15.8. The molecule has 51 heavy (non-hydrogen) atoms. The number of aromatic nitrogens is 3. The van der Waals surface area contributed by atoms with Gasteiger partial charge in [0.25, 0.3) is 5.69 Å². The quantitative estimate of drug-likeness (QED) is 0.0415. The van der Waals surface area contributed by atoms with E-state index in [1.54, 1.807) is 36.5 Å². The van der Waals surface area contributed by atoms with E-state index in [2.05, 4.69) is 52.4 Å². The number of aliphatic carboxylic acids is 2. The van der Waals surface area contributed by atoms with Gasteiger partial charge in [-0.15, -0.1) is 35.3 Å². The van der Waals surface area contributed by atoms with Gasteiger partial charge < -0.3 is 36.6 Å². The highest BCUT2D eigenvalue weighted by Gasteiger charge is 2.24. The van der Waals surface area contributed by atoms with Crippen LogP contribution in [0.15, 0.2) is 69.3 Å². The van der Waals surface area contributed by atoms with Crippen LogP contribution in [-0.4, -0.2) is 72.9 Å². The summed E-state index contributed by atoms with van der Waals surface area (Å²) in [7, 11) is 0. The second-order valence-electron chi connectivity index (χ2n) is 11.8. The third-order valence-electron chi connectivity index (χ3n) is 8.41. The number of carboxylic acids is 2. The summed E-state index contributed by atoms with van der Waals surface area (Å²) in [5.41, 5.74) is 18.5. The third-order valence-corrected chi connectivity index (χ3v) is 10.8. The van der Waals surface area contributed by atoms with Crippen molar-refractivity contribution in [3.8, 4) is 0 Å². The van der Waals surface area contributed by atoms with E-state index < -0.39 is 28.9 Å². The highest BCUT2D eigenvalue weighted by molar-refractivity contribution is 7.99. The van der Waals surface area contributed by atoms with E-state index in [1.807, 2.05) is 37.6 Å². The topological polar surface area (TPSA) is 217 Å². The van der Waals surface area contributed by atoms with Crippen molar-refractivity contribution in [1.82, 2.24) is 15.0 Å². The molecule has 0 bridgehead atoms. The molecule has 2 atom stereocenters. The van der Waals surface area contributed by atoms with Gasteiger partial charge in [-0.1, -0.05) is 12.1 Å². The molecule has 2 unspecified atom stereocenters. The summed E-state index contributed by atoms with van der Waals surface area (Å²) in [5.74, 6) is -2.06. The van der Waals surface area contributed by atoms with Gasteiger partial charge in [-0.2, -0.15) is 0 Å². The first kappa shape index (κ1) is 39.4. The van der Waals surface area contributed by atoms with Crippen LogP contribution >= 0.6 is 35.3 Å². The van der Waals surface area contributed by atoms with E-state index in [4.69, 9.17) is 21.7 Å². The first-order valence-corrected chi connectivity index (χ1v) is 19.4. The number of nitrogens with zero attached hydrogens (tertiary/aromatic N) is 1. The molecule has 0 aliphatic carbocycles. The second kappa shape index (κ2) is 17.2. The lowest BCUT2D eigenvalue weighted by atomic mass is 10.0. The Morgan fingerprint density at radius 3 is 1.80 bits per heavy atom. The van der Waals surface area contributed by atoms with Crippen molar-refractivity contribution in [2.24, 2.45) is 11.5 Å². The van der Waals surface area contributed by atoms with Crippen molar-refractivity contribution in [2.45, 2.75) is 60.4 Å². The Kier molecular flexibility index (Phi) is 13.3. The van der Waals surface area contributed by atoms with E-state index in [-0.39, 0.29) is 12.1 Å². The molecular formula is C36H42N6O6S3. The zero-order chi connectivity index (χ0) is 37.6. The van der Waals surface area contributed by atoms with Crippen LogP contribution in [0.2, 0.25) is 0 Å². The maximum atomic E-state index is 11.1. The molecule has 0 spiro atoms. The normalized spacial score (nSPS) is 12.2. The molecule has 0 aliphatic rings. The number of nitro benzene ring substituents is 1. The summed E-state index contributed by atoms with van der Waals surface area (Å²) in [5, 5.41) is 32.1. The number of non-ortho nitro benzene ring substituents is 1. The molecule has 15 heteroatoms. The van der Waals surface area contributed by atoms with Crippen LogP contribution in [0.4, 0.5) is 5.69 Å². The van der Waals surface area contributed by atoms with Crippen molar-refractivity contribution < 1.29 is 24.7 Å². The van der Waals surface area contributed by atoms with E-state index >= 15 is 0 Å². The number of aromatic amines is 3. The van der Waals surface area contributed by atoms with Crippen LogP contribution in [0.25, 0.3) is 32.7 Å². The largest absolute Gasteiger partial charge is 0.480 e. The van der Waals surface area contributed by atoms with Gasteiger partial charge in [0.15, 0.2) is 0 Å². The van der Waals surface area contributed by atoms with E-state index in [0.717, 1.165) is 32.0 Å². The highest BCUT2D eigenvalue weighted by Crippen LogP contribution is 2.37. The first-order chi connectivity index (χ1) is 24.2. The highest BCUT2D eigenvalue weighted by atomic mass is 32.2. The zero-order valence-corrected chi connectivity index (χ0v) is 31.6. The van der Waals surface area contributed by atoms with Crippen LogP contribution in [0, 0.1) is 30.9 Å². The van der Waals surface area contributed by atoms with E-state index in [0.29, 0.717) is 28.6 Å². The number of nitrogens with one attached hydrogen (secondary N) is 3. The third kappa shape index (κ3) is 8.91. The fourth-order valence-corrected chi connectivity index (χ4v) is 7.81. The number of hydrogen-bond acceptors (Lipinski definition) is 9. The average Bonchev–Trinajstić information content (AvgIpc) is 3.75. The Labute approximate surface area is 307 Å². The molecule has 3 heterocycles. The van der Waals surface area contributed by atoms with Crippen molar-refractivity contribution in [2.75, 3.05) is 18.8 Å². The molecule has 0 saturated heterocycles. The molecule has 6 rings (SSSR count). The molecule has 0 fully saturated rings. The van der Waals surface area contributed by atoms with Crippen molar-refractivity contribution in [3.63, 3.8) is 0 Å². The Morgan fingerprint density at radius 2 is 1.25 bits per heavy atom. The number of aryl methyl sites for hydroxylation is 3. The number of H-pyrrole nitrogens is 3. The Bertz CT molecular complexity index is 2210. The summed E-state index contributed by atoms with van der Waals surface area (Å²) in [6.45, 7) is 5.80. The smallest absolute Gasteiger partial charge is 0.320 e. The predicted molar refractivity (Wildman–Crippen MR) is 210 cm³/mol. The number of benzene rings is 3. The molecule has 6 aromatic rings. The Hall–Kier alpha value is -4.41. The molecule has 12 nitrogen and oxygen atoms in total. The molecule has 0 aliphatic heterocycles. The summed E-state index contributed by atoms with van der Waals surface area (Å²) >= 11 is 4.90. The van der Waals surface area contributed by atoms with Gasteiger partial charge in [-0.3, -0.25) is 19.7 Å². The van der Waals surface area contributed by atoms with Crippen molar-refractivity contribution in [3.05, 3.63) is 92.9 Å². The van der Waals surface area contributed by atoms with Crippen LogP contribution in [0.1, 0.15) is 28.2 Å². The molecular weight excluding hydrogens is 709 g/mol. The Balaban J connectivity index is 0.000000177. The number of fused-ring (bicyclic) bond motifs is 3. The van der Waals surface area contributed by atoms with Crippen LogP contribution in [0.5, 0.6) is 0 Å². The van der Waals surface area contributed by atoms with E-state index in [1.165, 1.54) is 39.3 Å². The monoisotopic (exact) mass is 750 g/mol. The zero-order valence-electron chi connectivity index (χ0n) is 29.1. The summed E-state index contributed by atoms with van der Waals surface area (Å²) in [6.07, 6.45) is 6.45. The maximum absolute atomic E-state index is 11.1. The van der Waals surface area contributed by atoms with Crippen molar-refractivity contribution in [1.29, 1.82) is 0 Å². The standard InChI is InChI=1S/C13H15N3O4S.C13H16N2O2S.C10H11NS/c1-6-7(5-8(14)13(17)18)11-10(21-2)4-3-9(16(19)20)12(11)15-6;1-7-8(6-9(14)13(16)17)12-10(15-7)4-3-5-11(12)18-2;1-7-6-8-9(11-7)4-3-5-10(8)12-2/h3-4,8,15H,5,14H2,1-2H3,(H,17,18);3-5,9,15H,6,14H2,1-2H3,(H,16,17);3-6,11H,1-2H3. The number of rotatable bonds is 10. The van der Waals surface area contributed by atoms with Gasteiger partial charge in [0, 0.05) is 77.9 Å². The molecule has 270 valence electrons. The number of nitrogens with two attached hydrogens (primary N) is 2. The number of nitro groups is 1. The van der Waals surface area contributed by atoms with Gasteiger partial charge in [0.2, 0.25) is 0 Å².